The second kappa shape index (κ2) is 15.7. The maximum atomic E-state index is 15.6. The Bertz CT molecular complexity index is 3790. The van der Waals surface area contributed by atoms with Gasteiger partial charge in [0.25, 0.3) is 0 Å². The molecule has 0 unspecified atom stereocenters. The summed E-state index contributed by atoms with van der Waals surface area (Å²) in [6.45, 7) is 0. The summed E-state index contributed by atoms with van der Waals surface area (Å²) in [6.07, 6.45) is 0. The molecule has 12 rings (SSSR count). The highest BCUT2D eigenvalue weighted by atomic mass is 19.1. The third kappa shape index (κ3) is 6.35. The molecule has 66 heavy (non-hydrogen) atoms. The molecule has 0 radical (unpaired) electrons. The van der Waals surface area contributed by atoms with Crippen molar-refractivity contribution < 1.29 is 8.78 Å². The minimum absolute atomic E-state index is 0.182. The molecule has 0 atom stereocenters. The SMILES string of the molecule is N#Cc1ccc(-n2c3ccccc3c3cc(-c4ccc(-n5c6ccccc6c6ccccc65)c(-c5cc(-c6ccccc6)nc(-c6ccccc6)n5)c4)ccc32)c(-c2c(F)cccc2F)c1. The fourth-order valence-corrected chi connectivity index (χ4v) is 9.52. The average Bonchev–Trinajstić information content (AvgIpc) is 3.89. The molecule has 12 aromatic rings. The quantitative estimate of drug-likeness (QED) is 0.160. The van der Waals surface area contributed by atoms with Crippen LogP contribution in [0.5, 0.6) is 0 Å². The molecule has 0 bridgehead atoms. The Kier molecular flexibility index (Phi) is 9.18. The fourth-order valence-electron chi connectivity index (χ4n) is 9.52. The number of nitriles is 1. The van der Waals surface area contributed by atoms with E-state index in [2.05, 4.69) is 120 Å². The zero-order chi connectivity index (χ0) is 44.3. The van der Waals surface area contributed by atoms with E-state index >= 15 is 8.78 Å². The minimum Gasteiger partial charge on any atom is -0.309 e. The molecule has 310 valence electrons. The Morgan fingerprint density at radius 1 is 0.379 bits per heavy atom. The van der Waals surface area contributed by atoms with E-state index in [4.69, 9.17) is 9.97 Å². The monoisotopic (exact) mass is 851 g/mol. The highest BCUT2D eigenvalue weighted by molar-refractivity contribution is 6.12. The number of nitrogens with zero attached hydrogens (tertiary/aromatic N) is 5. The van der Waals surface area contributed by atoms with Crippen LogP contribution in [-0.4, -0.2) is 19.1 Å². The van der Waals surface area contributed by atoms with Crippen molar-refractivity contribution >= 4 is 43.6 Å². The van der Waals surface area contributed by atoms with Gasteiger partial charge in [0.2, 0.25) is 0 Å². The predicted molar refractivity (Wildman–Crippen MR) is 263 cm³/mol. The smallest absolute Gasteiger partial charge is 0.160 e. The first-order valence-corrected chi connectivity index (χ1v) is 21.7. The summed E-state index contributed by atoms with van der Waals surface area (Å²) < 4.78 is 35.5. The zero-order valence-electron chi connectivity index (χ0n) is 35.2. The van der Waals surface area contributed by atoms with Gasteiger partial charge in [0.15, 0.2) is 5.82 Å². The molecule has 3 aromatic heterocycles. The van der Waals surface area contributed by atoms with Gasteiger partial charge in [0.1, 0.15) is 11.6 Å². The van der Waals surface area contributed by atoms with Crippen LogP contribution >= 0.6 is 0 Å². The Hall–Kier alpha value is -8.99. The van der Waals surface area contributed by atoms with E-state index in [-0.39, 0.29) is 11.1 Å². The van der Waals surface area contributed by atoms with E-state index in [9.17, 15) is 5.26 Å². The first-order chi connectivity index (χ1) is 32.5. The van der Waals surface area contributed by atoms with Crippen molar-refractivity contribution in [1.29, 1.82) is 5.26 Å². The Morgan fingerprint density at radius 3 is 1.52 bits per heavy atom. The number of aromatic nitrogens is 4. The fraction of sp³-hybridized carbons (Fsp3) is 0. The molecule has 0 saturated heterocycles. The molecule has 0 fully saturated rings. The number of hydrogen-bond donors (Lipinski definition) is 0. The maximum Gasteiger partial charge on any atom is 0.160 e. The molecule has 3 heterocycles. The van der Waals surface area contributed by atoms with Crippen LogP contribution in [0.2, 0.25) is 0 Å². The van der Waals surface area contributed by atoms with Crippen LogP contribution < -0.4 is 0 Å². The van der Waals surface area contributed by atoms with E-state index in [0.29, 0.717) is 17.1 Å². The zero-order valence-corrected chi connectivity index (χ0v) is 35.2. The van der Waals surface area contributed by atoms with Gasteiger partial charge in [-0.25, -0.2) is 18.7 Å². The van der Waals surface area contributed by atoms with Gasteiger partial charge in [-0.1, -0.05) is 133 Å². The molecule has 0 saturated carbocycles. The van der Waals surface area contributed by atoms with Gasteiger partial charge < -0.3 is 9.13 Å². The second-order valence-electron chi connectivity index (χ2n) is 16.3. The van der Waals surface area contributed by atoms with Crippen LogP contribution in [0.25, 0.3) is 111 Å². The number of hydrogen-bond acceptors (Lipinski definition) is 3. The summed E-state index contributed by atoms with van der Waals surface area (Å²) >= 11 is 0. The van der Waals surface area contributed by atoms with Gasteiger partial charge in [-0.2, -0.15) is 5.26 Å². The van der Waals surface area contributed by atoms with Crippen molar-refractivity contribution in [2.45, 2.75) is 0 Å². The second-order valence-corrected chi connectivity index (χ2v) is 16.3. The third-order valence-electron chi connectivity index (χ3n) is 12.5. The number of fused-ring (bicyclic) bond motifs is 6. The molecule has 7 heteroatoms. The molecular weight excluding hydrogens is 817 g/mol. The molecular formula is C59H35F2N5. The molecule has 0 spiro atoms. The third-order valence-corrected chi connectivity index (χ3v) is 12.5. The summed E-state index contributed by atoms with van der Waals surface area (Å²) in [5.74, 6) is -0.785. The lowest BCUT2D eigenvalue weighted by molar-refractivity contribution is 0.589. The van der Waals surface area contributed by atoms with Crippen molar-refractivity contribution in [1.82, 2.24) is 19.1 Å². The van der Waals surface area contributed by atoms with Crippen LogP contribution in [0.4, 0.5) is 8.78 Å². The van der Waals surface area contributed by atoms with Crippen molar-refractivity contribution in [2.24, 2.45) is 0 Å². The van der Waals surface area contributed by atoms with Crippen molar-refractivity contribution in [3.05, 3.63) is 230 Å². The normalized spacial score (nSPS) is 11.5. The van der Waals surface area contributed by atoms with E-state index in [0.717, 1.165) is 88.5 Å². The molecule has 0 aliphatic rings. The van der Waals surface area contributed by atoms with Crippen LogP contribution in [0, 0.1) is 23.0 Å². The van der Waals surface area contributed by atoms with Crippen LogP contribution in [0.3, 0.4) is 0 Å². The van der Waals surface area contributed by atoms with Gasteiger partial charge in [-0.05, 0) is 90.0 Å². The molecule has 0 aliphatic carbocycles. The largest absolute Gasteiger partial charge is 0.309 e. The van der Waals surface area contributed by atoms with E-state index in [1.807, 2.05) is 71.3 Å². The summed E-state index contributed by atoms with van der Waals surface area (Å²) in [4.78, 5) is 10.5. The average molecular weight is 852 g/mol. The highest BCUT2D eigenvalue weighted by Gasteiger charge is 2.23. The lowest BCUT2D eigenvalue weighted by Crippen LogP contribution is -2.01. The maximum absolute atomic E-state index is 15.6. The topological polar surface area (TPSA) is 59.4 Å². The summed E-state index contributed by atoms with van der Waals surface area (Å²) in [7, 11) is 0. The minimum atomic E-state index is -0.704. The standard InChI is InChI=1S/C59H35F2N5/c60-48-21-13-22-49(61)58(48)47-32-37(36-62)26-29-57(47)66-54-25-12-9-20-44(54)45-33-40(27-30-55(45)66)41-28-31-56(65-52-23-10-7-18-42(52)43-19-8-11-24-53(43)65)46(34-41)51-35-50(38-14-3-1-4-15-38)63-59(64-51)39-16-5-2-6-17-39/h1-35H. The summed E-state index contributed by atoms with van der Waals surface area (Å²) in [5, 5.41) is 14.1. The van der Waals surface area contributed by atoms with Crippen LogP contribution in [0.15, 0.2) is 212 Å². The summed E-state index contributed by atoms with van der Waals surface area (Å²) in [5.41, 5.74) is 12.2. The van der Waals surface area contributed by atoms with E-state index in [1.54, 1.807) is 18.2 Å². The van der Waals surface area contributed by atoms with Gasteiger partial charge in [-0.15, -0.1) is 0 Å². The highest BCUT2D eigenvalue weighted by Crippen LogP contribution is 2.42. The number of para-hydroxylation sites is 3. The first-order valence-electron chi connectivity index (χ1n) is 21.7. The Balaban J connectivity index is 1.11. The van der Waals surface area contributed by atoms with Gasteiger partial charge >= 0.3 is 0 Å². The lowest BCUT2D eigenvalue weighted by atomic mass is 9.97. The Labute approximate surface area is 378 Å². The molecule has 0 N–H and O–H groups in total. The van der Waals surface area contributed by atoms with Gasteiger partial charge in [0, 0.05) is 43.8 Å². The van der Waals surface area contributed by atoms with Crippen molar-refractivity contribution in [3.8, 4) is 73.6 Å². The molecule has 5 nitrogen and oxygen atoms in total. The van der Waals surface area contributed by atoms with E-state index in [1.165, 1.54) is 18.2 Å². The molecule has 0 amide bonds. The van der Waals surface area contributed by atoms with Crippen LogP contribution in [-0.2, 0) is 0 Å². The predicted octanol–water partition coefficient (Wildman–Crippen LogP) is 15.2. The number of benzene rings is 9. The van der Waals surface area contributed by atoms with Gasteiger partial charge in [-0.3, -0.25) is 0 Å². The Morgan fingerprint density at radius 2 is 0.879 bits per heavy atom. The summed E-state index contributed by atoms with van der Waals surface area (Å²) in [6, 6.07) is 71.4. The molecule has 0 aliphatic heterocycles. The van der Waals surface area contributed by atoms with Crippen molar-refractivity contribution in [2.75, 3.05) is 0 Å². The number of halogens is 2. The van der Waals surface area contributed by atoms with Crippen molar-refractivity contribution in [3.63, 3.8) is 0 Å². The van der Waals surface area contributed by atoms with Crippen LogP contribution in [0.1, 0.15) is 5.56 Å². The van der Waals surface area contributed by atoms with Gasteiger partial charge in [0.05, 0.1) is 62.0 Å². The van der Waals surface area contributed by atoms with E-state index < -0.39 is 11.6 Å². The lowest BCUT2D eigenvalue weighted by Gasteiger charge is -2.17. The first kappa shape index (κ1) is 38.7. The number of rotatable bonds is 7. The molecule has 9 aromatic carbocycles.